The predicted molar refractivity (Wildman–Crippen MR) is 131 cm³/mol. The number of anilines is 1. The van der Waals surface area contributed by atoms with E-state index in [1.54, 1.807) is 12.1 Å². The van der Waals surface area contributed by atoms with Gasteiger partial charge in [-0.05, 0) is 55.0 Å². The molecule has 162 valence electrons. The first-order valence-corrected chi connectivity index (χ1v) is 13.2. The molecule has 0 saturated heterocycles. The number of rotatable bonds is 7. The molecule has 0 spiro atoms. The molecule has 2 aromatic carbocycles. The van der Waals surface area contributed by atoms with Crippen LogP contribution in [0.15, 0.2) is 52.5 Å². The second kappa shape index (κ2) is 9.46. The molecule has 2 atom stereocenters. The van der Waals surface area contributed by atoms with E-state index in [1.807, 2.05) is 31.5 Å². The Morgan fingerprint density at radius 2 is 1.90 bits per heavy atom. The van der Waals surface area contributed by atoms with E-state index in [4.69, 9.17) is 0 Å². The zero-order chi connectivity index (χ0) is 21.9. The molecule has 0 saturated carbocycles. The van der Waals surface area contributed by atoms with Gasteiger partial charge in [-0.1, -0.05) is 44.3 Å². The van der Waals surface area contributed by atoms with Gasteiger partial charge < -0.3 is 20.4 Å². The number of nitrogens with one attached hydrogen (secondary N) is 3. The lowest BCUT2D eigenvalue weighted by atomic mass is 9.87. The van der Waals surface area contributed by atoms with Gasteiger partial charge in [0.05, 0.1) is 13.8 Å². The molecule has 6 nitrogen and oxygen atoms in total. The van der Waals surface area contributed by atoms with Crippen LogP contribution >= 0.6 is 18.7 Å². The predicted octanol–water partition coefficient (Wildman–Crippen LogP) is 4.90. The van der Waals surface area contributed by atoms with Gasteiger partial charge in [0.15, 0.2) is 0 Å². The van der Waals surface area contributed by atoms with Gasteiger partial charge in [0.2, 0.25) is 0 Å². The summed E-state index contributed by atoms with van der Waals surface area (Å²) in [6.07, 6.45) is -0.123. The monoisotopic (exact) mass is 445 g/mol. The zero-order valence-corrected chi connectivity index (χ0v) is 20.2. The minimum atomic E-state index is -0.554. The summed E-state index contributed by atoms with van der Waals surface area (Å²) >= 11 is 1.84. The molecule has 1 aliphatic rings. The Morgan fingerprint density at radius 1 is 1.20 bits per heavy atom. The second-order valence-electron chi connectivity index (χ2n) is 8.45. The number of hydrogen-bond acceptors (Lipinski definition) is 7. The second-order valence-corrected chi connectivity index (χ2v) is 12.5. The van der Waals surface area contributed by atoms with Gasteiger partial charge in [-0.15, -0.1) is 0 Å². The fourth-order valence-corrected chi connectivity index (χ4v) is 6.20. The van der Waals surface area contributed by atoms with E-state index in [2.05, 4.69) is 77.5 Å². The van der Waals surface area contributed by atoms with Crippen molar-refractivity contribution in [2.45, 2.75) is 37.2 Å². The summed E-state index contributed by atoms with van der Waals surface area (Å²) in [5.41, 5.74) is 6.68. The van der Waals surface area contributed by atoms with Crippen molar-refractivity contribution in [3.63, 3.8) is 0 Å². The summed E-state index contributed by atoms with van der Waals surface area (Å²) < 4.78 is 0. The number of amidine groups is 1. The Kier molecular flexibility index (Phi) is 7.17. The van der Waals surface area contributed by atoms with Crippen molar-refractivity contribution in [1.82, 2.24) is 15.6 Å². The van der Waals surface area contributed by atoms with E-state index in [9.17, 15) is 5.11 Å². The number of hydrogen-bond donors (Lipinski definition) is 4. The molecule has 0 aliphatic carbocycles. The summed E-state index contributed by atoms with van der Waals surface area (Å²) in [6, 6.07) is 14.3. The standard InChI is InChI=1S/C22H32N5OPS/c1-22(2,3)15-7-10-17(11-8-15)30-29(6)26-19-12-9-16(28)13-18(19)21-25-24-20(14-23-4)27(21)5/h7-13,21,23,25-26,28H,14H2,1-6H3. The van der Waals surface area contributed by atoms with Crippen LogP contribution in [0.25, 0.3) is 0 Å². The Hall–Kier alpha value is -1.95. The Labute approximate surface area is 185 Å². The van der Waals surface area contributed by atoms with Crippen LogP contribution in [0.5, 0.6) is 5.75 Å². The fourth-order valence-electron chi connectivity index (χ4n) is 3.30. The van der Waals surface area contributed by atoms with Crippen LogP contribution in [0.3, 0.4) is 0 Å². The van der Waals surface area contributed by atoms with E-state index in [1.165, 1.54) is 10.5 Å². The van der Waals surface area contributed by atoms with E-state index in [0.29, 0.717) is 6.54 Å². The number of phenols is 1. The minimum Gasteiger partial charge on any atom is -0.508 e. The minimum absolute atomic E-state index is 0.123. The van der Waals surface area contributed by atoms with Crippen LogP contribution < -0.4 is 15.8 Å². The summed E-state index contributed by atoms with van der Waals surface area (Å²) in [5, 5.41) is 21.3. The van der Waals surface area contributed by atoms with E-state index in [-0.39, 0.29) is 17.3 Å². The van der Waals surface area contributed by atoms with Gasteiger partial charge >= 0.3 is 0 Å². The lowest BCUT2D eigenvalue weighted by Crippen LogP contribution is -2.34. The summed E-state index contributed by atoms with van der Waals surface area (Å²) in [7, 11) is 3.36. The molecule has 8 heteroatoms. The molecule has 30 heavy (non-hydrogen) atoms. The molecule has 0 amide bonds. The SMILES string of the molecule is CNCC1=NNC(c2cc(O)ccc2NP(C)Sc2ccc(C(C)(C)C)cc2)N1C. The average molecular weight is 446 g/mol. The molecular weight excluding hydrogens is 413 g/mol. The number of phenolic OH excluding ortho intramolecular Hbond substituents is 1. The van der Waals surface area contributed by atoms with Gasteiger partial charge in [0, 0.05) is 23.2 Å². The van der Waals surface area contributed by atoms with Gasteiger partial charge in [-0.2, -0.15) is 5.10 Å². The maximum Gasteiger partial charge on any atom is 0.144 e. The smallest absolute Gasteiger partial charge is 0.144 e. The van der Waals surface area contributed by atoms with Crippen molar-refractivity contribution < 1.29 is 5.11 Å². The van der Waals surface area contributed by atoms with Crippen molar-refractivity contribution >= 4 is 30.2 Å². The highest BCUT2D eigenvalue weighted by Crippen LogP contribution is 2.51. The Balaban J connectivity index is 1.72. The molecule has 0 fully saturated rings. The zero-order valence-electron chi connectivity index (χ0n) is 18.5. The van der Waals surface area contributed by atoms with Crippen LogP contribution in [0.2, 0.25) is 0 Å². The van der Waals surface area contributed by atoms with Crippen molar-refractivity contribution in [1.29, 1.82) is 0 Å². The first-order chi connectivity index (χ1) is 14.2. The van der Waals surface area contributed by atoms with Crippen LogP contribution in [-0.4, -0.2) is 43.1 Å². The van der Waals surface area contributed by atoms with Crippen molar-refractivity contribution in [2.24, 2.45) is 5.10 Å². The van der Waals surface area contributed by atoms with Crippen LogP contribution in [0.1, 0.15) is 38.1 Å². The topological polar surface area (TPSA) is 71.9 Å². The summed E-state index contributed by atoms with van der Waals surface area (Å²) in [6.45, 7) is 9.59. The number of nitrogens with zero attached hydrogens (tertiary/aromatic N) is 2. The summed E-state index contributed by atoms with van der Waals surface area (Å²) in [4.78, 5) is 3.34. The van der Waals surface area contributed by atoms with Crippen molar-refractivity contribution in [3.05, 3.63) is 53.6 Å². The van der Waals surface area contributed by atoms with Gasteiger partial charge in [-0.3, -0.25) is 5.43 Å². The Morgan fingerprint density at radius 3 is 2.53 bits per heavy atom. The highest BCUT2D eigenvalue weighted by atomic mass is 32.7. The molecular formula is C22H32N5OPS. The molecule has 0 radical (unpaired) electrons. The third-order valence-electron chi connectivity index (χ3n) is 5.02. The van der Waals surface area contributed by atoms with E-state index < -0.39 is 7.27 Å². The van der Waals surface area contributed by atoms with E-state index >= 15 is 0 Å². The lowest BCUT2D eigenvalue weighted by molar-refractivity contribution is 0.355. The van der Waals surface area contributed by atoms with E-state index in [0.717, 1.165) is 17.1 Å². The molecule has 2 unspecified atom stereocenters. The molecule has 1 aliphatic heterocycles. The molecule has 3 rings (SSSR count). The number of aromatic hydroxyl groups is 1. The van der Waals surface area contributed by atoms with Crippen LogP contribution in [0.4, 0.5) is 5.69 Å². The maximum atomic E-state index is 10.1. The van der Waals surface area contributed by atoms with Crippen LogP contribution in [0, 0.1) is 0 Å². The summed E-state index contributed by atoms with van der Waals surface area (Å²) in [5.74, 6) is 1.18. The van der Waals surface area contributed by atoms with Gasteiger partial charge in [0.25, 0.3) is 0 Å². The number of benzene rings is 2. The molecule has 0 aromatic heterocycles. The average Bonchev–Trinajstić information content (AvgIpc) is 3.03. The third-order valence-corrected chi connectivity index (χ3v) is 8.06. The molecule has 2 aromatic rings. The highest BCUT2D eigenvalue weighted by Gasteiger charge is 2.28. The highest BCUT2D eigenvalue weighted by molar-refractivity contribution is 8.56. The largest absolute Gasteiger partial charge is 0.508 e. The lowest BCUT2D eigenvalue weighted by Gasteiger charge is -2.26. The fraction of sp³-hybridized carbons (Fsp3) is 0.409. The number of hydrazone groups is 1. The van der Waals surface area contributed by atoms with Gasteiger partial charge in [-0.25, -0.2) is 0 Å². The first-order valence-electron chi connectivity index (χ1n) is 10.0. The van der Waals surface area contributed by atoms with Gasteiger partial charge in [0.1, 0.15) is 17.8 Å². The molecule has 1 heterocycles. The van der Waals surface area contributed by atoms with Crippen molar-refractivity contribution in [2.75, 3.05) is 32.4 Å². The third kappa shape index (κ3) is 5.39. The quantitative estimate of drug-likeness (QED) is 0.359. The maximum absolute atomic E-state index is 10.1. The van der Waals surface area contributed by atoms with Crippen molar-refractivity contribution in [3.8, 4) is 5.75 Å². The molecule has 4 N–H and O–H groups in total. The molecule has 0 bridgehead atoms. The Bertz CT molecular complexity index is 897. The number of likely N-dealkylation sites (N-methyl/N-ethyl adjacent to an activating group) is 2. The normalized spacial score (nSPS) is 17.5. The van der Waals surface area contributed by atoms with Crippen LogP contribution in [-0.2, 0) is 5.41 Å². The first kappa shape index (κ1) is 22.7.